The summed E-state index contributed by atoms with van der Waals surface area (Å²) in [4.78, 5) is 0. The molecule has 0 heterocycles. The van der Waals surface area contributed by atoms with E-state index in [1.807, 2.05) is 6.07 Å². The summed E-state index contributed by atoms with van der Waals surface area (Å²) in [5, 5.41) is 10.8. The van der Waals surface area contributed by atoms with Crippen LogP contribution in [0.5, 0.6) is 0 Å². The van der Waals surface area contributed by atoms with Crippen molar-refractivity contribution in [2.24, 2.45) is 0 Å². The van der Waals surface area contributed by atoms with Crippen molar-refractivity contribution in [2.45, 2.75) is 12.7 Å². The number of hydrogen-bond donors (Lipinski definition) is 1. The van der Waals surface area contributed by atoms with Crippen LogP contribution in [0, 0.1) is 11.3 Å². The Morgan fingerprint density at radius 3 is 2.19 bits per heavy atom. The van der Waals surface area contributed by atoms with Crippen molar-refractivity contribution < 1.29 is 13.2 Å². The largest absolute Gasteiger partial charge is 0.401 e. The third kappa shape index (κ3) is 5.59. The molecule has 0 saturated carbocycles. The minimum absolute atomic E-state index is 0. The topological polar surface area (TPSA) is 35.8 Å². The third-order valence-corrected chi connectivity index (χ3v) is 1.74. The summed E-state index contributed by atoms with van der Waals surface area (Å²) in [5.41, 5.74) is 1.22. The molecule has 1 aromatic carbocycles. The van der Waals surface area contributed by atoms with Gasteiger partial charge in [0.05, 0.1) is 18.2 Å². The molecule has 0 aliphatic rings. The molecular weight excluding hydrogens is 241 g/mol. The van der Waals surface area contributed by atoms with Crippen LogP contribution in [-0.2, 0) is 6.54 Å². The fourth-order valence-corrected chi connectivity index (χ4v) is 1.05. The molecule has 88 valence electrons. The van der Waals surface area contributed by atoms with Crippen molar-refractivity contribution in [1.29, 1.82) is 5.26 Å². The molecule has 6 heteroatoms. The quantitative estimate of drug-likeness (QED) is 0.895. The fraction of sp³-hybridized carbons (Fsp3) is 0.300. The zero-order chi connectivity index (χ0) is 11.3. The van der Waals surface area contributed by atoms with E-state index in [1.165, 1.54) is 0 Å². The molecule has 0 aliphatic carbocycles. The second-order valence-electron chi connectivity index (χ2n) is 3.03. The monoisotopic (exact) mass is 250 g/mol. The van der Waals surface area contributed by atoms with Gasteiger partial charge in [0.1, 0.15) is 0 Å². The van der Waals surface area contributed by atoms with Crippen LogP contribution in [0.3, 0.4) is 0 Å². The van der Waals surface area contributed by atoms with Crippen molar-refractivity contribution in [3.8, 4) is 6.07 Å². The molecule has 1 N–H and O–H groups in total. The minimum Gasteiger partial charge on any atom is -0.305 e. The Hall–Kier alpha value is -1.25. The second-order valence-corrected chi connectivity index (χ2v) is 3.03. The maximum Gasteiger partial charge on any atom is 0.401 e. The van der Waals surface area contributed by atoms with Gasteiger partial charge < -0.3 is 5.32 Å². The zero-order valence-corrected chi connectivity index (χ0v) is 9.03. The van der Waals surface area contributed by atoms with E-state index in [-0.39, 0.29) is 19.0 Å². The standard InChI is InChI=1S/C10H9F3N2.ClH/c11-10(12,13)7-15-6-9-3-1-8(5-14)2-4-9;/h1-4,15H,6-7H2;1H. The van der Waals surface area contributed by atoms with E-state index in [4.69, 9.17) is 5.26 Å². The molecule has 0 amide bonds. The van der Waals surface area contributed by atoms with Crippen LogP contribution < -0.4 is 5.32 Å². The fourth-order valence-electron chi connectivity index (χ4n) is 1.05. The van der Waals surface area contributed by atoms with E-state index in [0.29, 0.717) is 5.56 Å². The average Bonchev–Trinajstić information content (AvgIpc) is 2.17. The highest BCUT2D eigenvalue weighted by atomic mass is 35.5. The van der Waals surface area contributed by atoms with Crippen molar-refractivity contribution in [3.05, 3.63) is 35.4 Å². The Balaban J connectivity index is 0.00000225. The molecule has 0 atom stereocenters. The molecular formula is C10H10ClF3N2. The predicted octanol–water partition coefficient (Wildman–Crippen LogP) is 2.63. The summed E-state index contributed by atoms with van der Waals surface area (Å²) in [7, 11) is 0. The van der Waals surface area contributed by atoms with Gasteiger partial charge >= 0.3 is 6.18 Å². The van der Waals surface area contributed by atoms with Crippen LogP contribution in [-0.4, -0.2) is 12.7 Å². The summed E-state index contributed by atoms with van der Waals surface area (Å²) >= 11 is 0. The first-order chi connectivity index (χ1) is 7.01. The van der Waals surface area contributed by atoms with E-state index in [1.54, 1.807) is 24.3 Å². The van der Waals surface area contributed by atoms with Gasteiger partial charge in [0.15, 0.2) is 0 Å². The number of rotatable bonds is 3. The highest BCUT2D eigenvalue weighted by Gasteiger charge is 2.25. The number of alkyl halides is 3. The summed E-state index contributed by atoms with van der Waals surface area (Å²) < 4.78 is 35.3. The molecule has 2 nitrogen and oxygen atoms in total. The number of nitrogens with one attached hydrogen (secondary N) is 1. The Bertz CT molecular complexity index is 354. The van der Waals surface area contributed by atoms with Crippen molar-refractivity contribution in [2.75, 3.05) is 6.54 Å². The van der Waals surface area contributed by atoms with E-state index < -0.39 is 12.7 Å². The molecule has 0 saturated heterocycles. The van der Waals surface area contributed by atoms with E-state index >= 15 is 0 Å². The molecule has 0 fully saturated rings. The Kier molecular flexibility index (Phi) is 5.86. The van der Waals surface area contributed by atoms with Crippen LogP contribution in [0.4, 0.5) is 13.2 Å². The molecule has 1 rings (SSSR count). The van der Waals surface area contributed by atoms with Gasteiger partial charge in [0.25, 0.3) is 0 Å². The lowest BCUT2D eigenvalue weighted by molar-refractivity contribution is -0.125. The van der Waals surface area contributed by atoms with Crippen LogP contribution in [0.25, 0.3) is 0 Å². The third-order valence-electron chi connectivity index (χ3n) is 1.74. The number of hydrogen-bond acceptors (Lipinski definition) is 2. The van der Waals surface area contributed by atoms with Gasteiger partial charge in [-0.1, -0.05) is 12.1 Å². The summed E-state index contributed by atoms with van der Waals surface area (Å²) in [6.45, 7) is -0.863. The van der Waals surface area contributed by atoms with Crippen LogP contribution in [0.1, 0.15) is 11.1 Å². The molecule has 1 aromatic rings. The van der Waals surface area contributed by atoms with Gasteiger partial charge in [-0.15, -0.1) is 12.4 Å². The number of nitrogens with zero attached hydrogens (tertiary/aromatic N) is 1. The normalized spacial score (nSPS) is 10.4. The lowest BCUT2D eigenvalue weighted by Crippen LogP contribution is -2.28. The van der Waals surface area contributed by atoms with Crippen LogP contribution in [0.2, 0.25) is 0 Å². The first-order valence-electron chi connectivity index (χ1n) is 4.28. The van der Waals surface area contributed by atoms with Crippen LogP contribution in [0.15, 0.2) is 24.3 Å². The van der Waals surface area contributed by atoms with Gasteiger partial charge in [0.2, 0.25) is 0 Å². The lowest BCUT2D eigenvalue weighted by atomic mass is 10.1. The second kappa shape index (κ2) is 6.36. The maximum absolute atomic E-state index is 11.8. The summed E-state index contributed by atoms with van der Waals surface area (Å²) in [6.07, 6.45) is -4.19. The number of nitriles is 1. The SMILES string of the molecule is Cl.N#Cc1ccc(CNCC(F)(F)F)cc1. The first kappa shape index (κ1) is 14.8. The summed E-state index contributed by atoms with van der Waals surface area (Å²) in [6, 6.07) is 8.34. The minimum atomic E-state index is -4.19. The molecule has 0 bridgehead atoms. The molecule has 0 aromatic heterocycles. The first-order valence-corrected chi connectivity index (χ1v) is 4.28. The van der Waals surface area contributed by atoms with E-state index in [9.17, 15) is 13.2 Å². The van der Waals surface area contributed by atoms with Crippen molar-refractivity contribution in [1.82, 2.24) is 5.32 Å². The zero-order valence-electron chi connectivity index (χ0n) is 8.21. The highest BCUT2D eigenvalue weighted by molar-refractivity contribution is 5.85. The molecule has 0 spiro atoms. The Morgan fingerprint density at radius 2 is 1.75 bits per heavy atom. The van der Waals surface area contributed by atoms with Crippen molar-refractivity contribution >= 4 is 12.4 Å². The van der Waals surface area contributed by atoms with Gasteiger partial charge in [-0.2, -0.15) is 18.4 Å². The molecule has 0 aliphatic heterocycles. The lowest BCUT2D eigenvalue weighted by Gasteiger charge is -2.07. The van der Waals surface area contributed by atoms with E-state index in [2.05, 4.69) is 5.32 Å². The highest BCUT2D eigenvalue weighted by Crippen LogP contribution is 2.12. The van der Waals surface area contributed by atoms with Gasteiger partial charge in [-0.05, 0) is 17.7 Å². The smallest absolute Gasteiger partial charge is 0.305 e. The Labute approximate surface area is 97.5 Å². The number of halogens is 4. The number of benzene rings is 1. The molecule has 0 unspecified atom stereocenters. The predicted molar refractivity (Wildman–Crippen MR) is 56.2 cm³/mol. The maximum atomic E-state index is 11.8. The van der Waals surface area contributed by atoms with Gasteiger partial charge in [-0.3, -0.25) is 0 Å². The average molecular weight is 251 g/mol. The van der Waals surface area contributed by atoms with E-state index in [0.717, 1.165) is 5.56 Å². The summed E-state index contributed by atoms with van der Waals surface area (Å²) in [5.74, 6) is 0. The van der Waals surface area contributed by atoms with Gasteiger partial charge in [-0.25, -0.2) is 0 Å². The van der Waals surface area contributed by atoms with Gasteiger partial charge in [0, 0.05) is 6.54 Å². The van der Waals surface area contributed by atoms with Crippen LogP contribution >= 0.6 is 12.4 Å². The Morgan fingerprint density at radius 1 is 1.19 bits per heavy atom. The molecule has 0 radical (unpaired) electrons. The van der Waals surface area contributed by atoms with Crippen molar-refractivity contribution in [3.63, 3.8) is 0 Å². The molecule has 16 heavy (non-hydrogen) atoms.